The van der Waals surface area contributed by atoms with E-state index in [2.05, 4.69) is 10.6 Å². The Balaban J connectivity index is 2.52. The van der Waals surface area contributed by atoms with Gasteiger partial charge in [0.15, 0.2) is 0 Å². The Morgan fingerprint density at radius 3 is 3.00 bits per heavy atom. The topological polar surface area (TPSA) is 43.2 Å². The first kappa shape index (κ1) is 6.91. The lowest BCUT2D eigenvalue weighted by Gasteiger charge is -2.00. The maximum absolute atomic E-state index is 11.3. The number of carbonyl (C=O) groups excluding carboxylic acids is 1. The molecule has 0 bridgehead atoms. The van der Waals surface area contributed by atoms with Gasteiger partial charge in [0.2, 0.25) is 0 Å². The molecule has 12 heavy (non-hydrogen) atoms. The summed E-state index contributed by atoms with van der Waals surface area (Å²) in [7, 11) is 0. The van der Waals surface area contributed by atoms with Gasteiger partial charge in [-0.05, 0) is 12.1 Å². The zero-order chi connectivity index (χ0) is 8.39. The van der Waals surface area contributed by atoms with Crippen molar-refractivity contribution in [3.05, 3.63) is 42.2 Å². The molecule has 1 aromatic carbocycles. The number of benzene rings is 1. The third-order valence-electron chi connectivity index (χ3n) is 1.65. The maximum atomic E-state index is 11.3. The molecule has 0 aliphatic carbocycles. The number of nitrogens with one attached hydrogen (secondary N) is 1. The first-order valence-corrected chi connectivity index (χ1v) is 3.64. The molecule has 1 aliphatic rings. The average molecular weight is 159 g/mol. The molecule has 0 aromatic heterocycles. The highest BCUT2D eigenvalue weighted by molar-refractivity contribution is 5.99. The SMILES string of the molecule is O=C1NC=C[N]c2ccccc21. The Morgan fingerprint density at radius 1 is 1.25 bits per heavy atom. The summed E-state index contributed by atoms with van der Waals surface area (Å²) in [5.74, 6) is -0.108. The summed E-state index contributed by atoms with van der Waals surface area (Å²) in [5.41, 5.74) is 1.33. The number of fused-ring (bicyclic) bond motifs is 1. The van der Waals surface area contributed by atoms with Crippen molar-refractivity contribution in [3.63, 3.8) is 0 Å². The molecule has 2 rings (SSSR count). The van der Waals surface area contributed by atoms with E-state index in [1.165, 1.54) is 6.20 Å². The van der Waals surface area contributed by atoms with E-state index in [1.54, 1.807) is 12.3 Å². The molecular formula is C9H7N2O. The molecule has 0 fully saturated rings. The second kappa shape index (κ2) is 2.70. The Kier molecular flexibility index (Phi) is 1.55. The molecular weight excluding hydrogens is 152 g/mol. The number of para-hydroxylation sites is 1. The first-order chi connectivity index (χ1) is 5.88. The fourth-order valence-corrected chi connectivity index (χ4v) is 1.09. The van der Waals surface area contributed by atoms with Crippen LogP contribution in [0.15, 0.2) is 36.7 Å². The van der Waals surface area contributed by atoms with Crippen LogP contribution < -0.4 is 10.6 Å². The van der Waals surface area contributed by atoms with E-state index in [0.29, 0.717) is 11.3 Å². The number of rotatable bonds is 0. The summed E-state index contributed by atoms with van der Waals surface area (Å²) in [4.78, 5) is 11.3. The standard InChI is InChI=1S/C9H7N2O/c12-9-7-3-1-2-4-8(7)10-5-6-11-9/h1-6H,(H,11,12). The second-order valence-electron chi connectivity index (χ2n) is 2.44. The summed E-state index contributed by atoms with van der Waals surface area (Å²) in [6.07, 6.45) is 3.10. The average Bonchev–Trinajstić information content (AvgIpc) is 2.29. The first-order valence-electron chi connectivity index (χ1n) is 3.64. The molecule has 1 heterocycles. The fraction of sp³-hybridized carbons (Fsp3) is 0. The third kappa shape index (κ3) is 1.05. The van der Waals surface area contributed by atoms with Crippen LogP contribution >= 0.6 is 0 Å². The third-order valence-corrected chi connectivity index (χ3v) is 1.65. The van der Waals surface area contributed by atoms with Crippen LogP contribution in [0.1, 0.15) is 10.4 Å². The number of carbonyl (C=O) groups is 1. The van der Waals surface area contributed by atoms with Gasteiger partial charge in [-0.3, -0.25) is 10.1 Å². The van der Waals surface area contributed by atoms with E-state index >= 15 is 0 Å². The summed E-state index contributed by atoms with van der Waals surface area (Å²) in [6.45, 7) is 0. The van der Waals surface area contributed by atoms with Crippen LogP contribution in [-0.4, -0.2) is 5.91 Å². The zero-order valence-electron chi connectivity index (χ0n) is 6.32. The second-order valence-corrected chi connectivity index (χ2v) is 2.44. The minimum Gasteiger partial charge on any atom is -0.327 e. The van der Waals surface area contributed by atoms with Crippen molar-refractivity contribution in [1.82, 2.24) is 10.6 Å². The minimum absolute atomic E-state index is 0.108. The van der Waals surface area contributed by atoms with Crippen LogP contribution in [0.4, 0.5) is 5.69 Å². The highest BCUT2D eigenvalue weighted by Gasteiger charge is 2.11. The molecule has 1 N–H and O–H groups in total. The van der Waals surface area contributed by atoms with E-state index in [4.69, 9.17) is 0 Å². The lowest BCUT2D eigenvalue weighted by Crippen LogP contribution is -2.15. The van der Waals surface area contributed by atoms with Crippen LogP contribution in [0.2, 0.25) is 0 Å². The smallest absolute Gasteiger partial charge is 0.257 e. The number of hydrogen-bond donors (Lipinski definition) is 1. The van der Waals surface area contributed by atoms with Crippen LogP contribution in [-0.2, 0) is 0 Å². The van der Waals surface area contributed by atoms with Crippen LogP contribution in [0, 0.1) is 0 Å². The molecule has 0 saturated heterocycles. The Labute approximate surface area is 70.1 Å². The maximum Gasteiger partial charge on any atom is 0.257 e. The Morgan fingerprint density at radius 2 is 2.08 bits per heavy atom. The van der Waals surface area contributed by atoms with E-state index in [9.17, 15) is 4.79 Å². The van der Waals surface area contributed by atoms with Crippen LogP contribution in [0.3, 0.4) is 0 Å². The van der Waals surface area contributed by atoms with E-state index in [1.807, 2.05) is 18.2 Å². The van der Waals surface area contributed by atoms with Gasteiger partial charge in [0.25, 0.3) is 5.91 Å². The van der Waals surface area contributed by atoms with Crippen LogP contribution in [0.5, 0.6) is 0 Å². The lowest BCUT2D eigenvalue weighted by atomic mass is 10.2. The number of nitrogens with zero attached hydrogens (tertiary/aromatic N) is 1. The predicted molar refractivity (Wildman–Crippen MR) is 44.8 cm³/mol. The minimum atomic E-state index is -0.108. The molecule has 1 aliphatic heterocycles. The van der Waals surface area contributed by atoms with Crippen molar-refractivity contribution in [3.8, 4) is 0 Å². The van der Waals surface area contributed by atoms with Gasteiger partial charge < -0.3 is 5.32 Å². The van der Waals surface area contributed by atoms with Crippen LogP contribution in [0.25, 0.3) is 0 Å². The molecule has 1 radical (unpaired) electrons. The van der Waals surface area contributed by atoms with Crippen molar-refractivity contribution in [1.29, 1.82) is 0 Å². The van der Waals surface area contributed by atoms with Gasteiger partial charge in [-0.15, -0.1) is 0 Å². The van der Waals surface area contributed by atoms with E-state index < -0.39 is 0 Å². The summed E-state index contributed by atoms with van der Waals surface area (Å²) < 4.78 is 0. The van der Waals surface area contributed by atoms with E-state index in [-0.39, 0.29) is 5.91 Å². The number of amides is 1. The van der Waals surface area contributed by atoms with Crippen molar-refractivity contribution in [2.24, 2.45) is 0 Å². The molecule has 0 unspecified atom stereocenters. The molecule has 3 heteroatoms. The molecule has 3 nitrogen and oxygen atoms in total. The molecule has 1 aromatic rings. The lowest BCUT2D eigenvalue weighted by molar-refractivity contribution is 0.0971. The molecule has 1 amide bonds. The van der Waals surface area contributed by atoms with E-state index in [0.717, 1.165) is 0 Å². The summed E-state index contributed by atoms with van der Waals surface area (Å²) >= 11 is 0. The monoisotopic (exact) mass is 159 g/mol. The van der Waals surface area contributed by atoms with Gasteiger partial charge in [0.1, 0.15) is 0 Å². The fourth-order valence-electron chi connectivity index (χ4n) is 1.09. The van der Waals surface area contributed by atoms with Gasteiger partial charge in [0.05, 0.1) is 11.3 Å². The molecule has 0 spiro atoms. The van der Waals surface area contributed by atoms with Crippen molar-refractivity contribution < 1.29 is 4.79 Å². The highest BCUT2D eigenvalue weighted by Crippen LogP contribution is 2.16. The molecule has 0 atom stereocenters. The van der Waals surface area contributed by atoms with Gasteiger partial charge in [-0.1, -0.05) is 12.1 Å². The van der Waals surface area contributed by atoms with Crippen molar-refractivity contribution >= 4 is 11.6 Å². The quantitative estimate of drug-likeness (QED) is 0.606. The molecule has 0 saturated carbocycles. The Bertz CT molecular complexity index is 344. The number of hydrogen-bond acceptors (Lipinski definition) is 1. The summed E-state index contributed by atoms with van der Waals surface area (Å²) in [5, 5.41) is 6.66. The van der Waals surface area contributed by atoms with Gasteiger partial charge >= 0.3 is 0 Å². The van der Waals surface area contributed by atoms with Gasteiger partial charge in [0, 0.05) is 12.4 Å². The Hall–Kier alpha value is -1.77. The normalized spacial score (nSPS) is 14.2. The van der Waals surface area contributed by atoms with Crippen molar-refractivity contribution in [2.45, 2.75) is 0 Å². The van der Waals surface area contributed by atoms with Crippen molar-refractivity contribution in [2.75, 3.05) is 0 Å². The van der Waals surface area contributed by atoms with Gasteiger partial charge in [-0.25, -0.2) is 0 Å². The highest BCUT2D eigenvalue weighted by atomic mass is 16.1. The zero-order valence-corrected chi connectivity index (χ0v) is 6.32. The largest absolute Gasteiger partial charge is 0.327 e. The predicted octanol–water partition coefficient (Wildman–Crippen LogP) is 1.14. The van der Waals surface area contributed by atoms with Gasteiger partial charge in [-0.2, -0.15) is 0 Å². The summed E-state index contributed by atoms with van der Waals surface area (Å²) in [6, 6.07) is 7.24. The molecule has 59 valence electrons.